The monoisotopic (exact) mass is 176 g/mol. The number of hydrogen-bond donors (Lipinski definition) is 2. The molecule has 0 aliphatic heterocycles. The largest absolute Gasteiger partial charge is 0.383 e. The molecule has 0 saturated heterocycles. The van der Waals surface area contributed by atoms with Crippen LogP contribution in [0.5, 0.6) is 0 Å². The highest BCUT2D eigenvalue weighted by Crippen LogP contribution is 2.23. The SMILES string of the molecule is Nc1ncc(S)c2ccccc12. The third-order valence-electron chi connectivity index (χ3n) is 1.80. The Hall–Kier alpha value is -1.22. The van der Waals surface area contributed by atoms with Crippen LogP contribution >= 0.6 is 12.6 Å². The summed E-state index contributed by atoms with van der Waals surface area (Å²) >= 11 is 4.28. The van der Waals surface area contributed by atoms with E-state index in [9.17, 15) is 0 Å². The van der Waals surface area contributed by atoms with Gasteiger partial charge in [-0.1, -0.05) is 24.3 Å². The molecule has 2 rings (SSSR count). The summed E-state index contributed by atoms with van der Waals surface area (Å²) in [6, 6.07) is 7.82. The number of anilines is 1. The molecule has 0 fully saturated rings. The third-order valence-corrected chi connectivity index (χ3v) is 2.16. The van der Waals surface area contributed by atoms with Gasteiger partial charge >= 0.3 is 0 Å². The normalized spacial score (nSPS) is 10.4. The van der Waals surface area contributed by atoms with Crippen LogP contribution in [0, 0.1) is 0 Å². The van der Waals surface area contributed by atoms with Crippen molar-refractivity contribution in [3.05, 3.63) is 30.5 Å². The molecule has 0 aliphatic rings. The molecule has 2 aromatic rings. The van der Waals surface area contributed by atoms with Crippen LogP contribution in [0.25, 0.3) is 10.8 Å². The summed E-state index contributed by atoms with van der Waals surface area (Å²) in [7, 11) is 0. The second kappa shape index (κ2) is 2.68. The summed E-state index contributed by atoms with van der Waals surface area (Å²) in [5.41, 5.74) is 5.68. The number of aromatic nitrogens is 1. The van der Waals surface area contributed by atoms with Crippen molar-refractivity contribution in [2.24, 2.45) is 0 Å². The molecule has 3 heteroatoms. The number of hydrogen-bond acceptors (Lipinski definition) is 3. The minimum atomic E-state index is 0.559. The Kier molecular flexibility index (Phi) is 1.66. The first-order valence-electron chi connectivity index (χ1n) is 3.61. The lowest BCUT2D eigenvalue weighted by atomic mass is 10.2. The molecule has 60 valence electrons. The van der Waals surface area contributed by atoms with Gasteiger partial charge in [0.05, 0.1) is 0 Å². The van der Waals surface area contributed by atoms with Gasteiger partial charge in [0.25, 0.3) is 0 Å². The van der Waals surface area contributed by atoms with E-state index in [0.717, 1.165) is 15.7 Å². The van der Waals surface area contributed by atoms with Crippen LogP contribution in [0.2, 0.25) is 0 Å². The van der Waals surface area contributed by atoms with Gasteiger partial charge in [0.2, 0.25) is 0 Å². The van der Waals surface area contributed by atoms with E-state index >= 15 is 0 Å². The Balaban J connectivity index is 2.95. The maximum Gasteiger partial charge on any atom is 0.131 e. The van der Waals surface area contributed by atoms with Crippen LogP contribution in [0.1, 0.15) is 0 Å². The van der Waals surface area contributed by atoms with Crippen molar-refractivity contribution < 1.29 is 0 Å². The lowest BCUT2D eigenvalue weighted by molar-refractivity contribution is 1.30. The predicted molar refractivity (Wildman–Crippen MR) is 53.4 cm³/mol. The van der Waals surface area contributed by atoms with Gasteiger partial charge in [0.1, 0.15) is 5.82 Å². The van der Waals surface area contributed by atoms with E-state index in [0.29, 0.717) is 5.82 Å². The van der Waals surface area contributed by atoms with E-state index in [1.54, 1.807) is 6.20 Å². The highest BCUT2D eigenvalue weighted by molar-refractivity contribution is 7.80. The number of nitrogen functional groups attached to an aromatic ring is 1. The molecule has 0 aliphatic carbocycles. The summed E-state index contributed by atoms with van der Waals surface area (Å²) in [4.78, 5) is 4.87. The summed E-state index contributed by atoms with van der Waals surface area (Å²) in [6.45, 7) is 0. The molecule has 0 spiro atoms. The highest BCUT2D eigenvalue weighted by atomic mass is 32.1. The van der Waals surface area contributed by atoms with E-state index in [-0.39, 0.29) is 0 Å². The molecule has 0 amide bonds. The zero-order chi connectivity index (χ0) is 8.55. The fourth-order valence-electron chi connectivity index (χ4n) is 1.20. The average molecular weight is 176 g/mol. The van der Waals surface area contributed by atoms with Crippen molar-refractivity contribution in [1.82, 2.24) is 4.98 Å². The van der Waals surface area contributed by atoms with Gasteiger partial charge in [-0.3, -0.25) is 0 Å². The number of pyridine rings is 1. The molecular formula is C9H8N2S. The zero-order valence-corrected chi connectivity index (χ0v) is 7.25. The Morgan fingerprint density at radius 2 is 1.83 bits per heavy atom. The number of thiol groups is 1. The molecule has 0 radical (unpaired) electrons. The highest BCUT2D eigenvalue weighted by Gasteiger charge is 2.00. The quantitative estimate of drug-likeness (QED) is 0.603. The number of benzene rings is 1. The first-order chi connectivity index (χ1) is 5.79. The maximum atomic E-state index is 5.68. The van der Waals surface area contributed by atoms with Crippen molar-refractivity contribution in [3.63, 3.8) is 0 Å². The van der Waals surface area contributed by atoms with Gasteiger partial charge in [-0.15, -0.1) is 12.6 Å². The fourth-order valence-corrected chi connectivity index (χ4v) is 1.45. The van der Waals surface area contributed by atoms with Gasteiger partial charge in [-0.05, 0) is 0 Å². The Labute approximate surface area is 75.8 Å². The minimum Gasteiger partial charge on any atom is -0.383 e. The second-order valence-corrected chi connectivity index (χ2v) is 3.06. The maximum absolute atomic E-state index is 5.68. The summed E-state index contributed by atoms with van der Waals surface area (Å²) < 4.78 is 0. The predicted octanol–water partition coefficient (Wildman–Crippen LogP) is 2.11. The molecule has 2 N–H and O–H groups in total. The zero-order valence-electron chi connectivity index (χ0n) is 6.36. The number of fused-ring (bicyclic) bond motifs is 1. The van der Waals surface area contributed by atoms with Gasteiger partial charge < -0.3 is 5.73 Å². The van der Waals surface area contributed by atoms with Crippen molar-refractivity contribution in [2.75, 3.05) is 5.73 Å². The van der Waals surface area contributed by atoms with E-state index in [2.05, 4.69) is 17.6 Å². The van der Waals surface area contributed by atoms with E-state index in [1.165, 1.54) is 0 Å². The molecule has 1 aromatic carbocycles. The Bertz CT molecular complexity index is 385. The first kappa shape index (κ1) is 7.43. The number of rotatable bonds is 0. The molecule has 0 saturated carbocycles. The summed E-state index contributed by atoms with van der Waals surface area (Å²) in [6.07, 6.45) is 1.67. The van der Waals surface area contributed by atoms with Crippen LogP contribution in [-0.4, -0.2) is 4.98 Å². The molecule has 12 heavy (non-hydrogen) atoms. The van der Waals surface area contributed by atoms with Crippen molar-refractivity contribution >= 4 is 29.2 Å². The first-order valence-corrected chi connectivity index (χ1v) is 4.06. The Morgan fingerprint density at radius 1 is 1.17 bits per heavy atom. The summed E-state index contributed by atoms with van der Waals surface area (Å²) in [5.74, 6) is 0.559. The van der Waals surface area contributed by atoms with Gasteiger partial charge in [0, 0.05) is 21.9 Å². The molecule has 1 aromatic heterocycles. The molecule has 0 unspecified atom stereocenters. The lowest BCUT2D eigenvalue weighted by Gasteiger charge is -2.01. The van der Waals surface area contributed by atoms with Crippen molar-refractivity contribution in [1.29, 1.82) is 0 Å². The van der Waals surface area contributed by atoms with Gasteiger partial charge in [0.15, 0.2) is 0 Å². The van der Waals surface area contributed by atoms with Crippen molar-refractivity contribution in [3.8, 4) is 0 Å². The van der Waals surface area contributed by atoms with E-state index < -0.39 is 0 Å². The van der Waals surface area contributed by atoms with E-state index in [4.69, 9.17) is 5.73 Å². The molecule has 0 atom stereocenters. The lowest BCUT2D eigenvalue weighted by Crippen LogP contribution is -1.91. The fraction of sp³-hybridized carbons (Fsp3) is 0. The Morgan fingerprint density at radius 3 is 2.50 bits per heavy atom. The van der Waals surface area contributed by atoms with Crippen LogP contribution in [0.15, 0.2) is 35.4 Å². The average Bonchev–Trinajstić information content (AvgIpc) is 2.12. The minimum absolute atomic E-state index is 0.559. The molecule has 2 nitrogen and oxygen atoms in total. The van der Waals surface area contributed by atoms with E-state index in [1.807, 2.05) is 24.3 Å². The van der Waals surface area contributed by atoms with Crippen LogP contribution in [-0.2, 0) is 0 Å². The van der Waals surface area contributed by atoms with Gasteiger partial charge in [-0.2, -0.15) is 0 Å². The summed E-state index contributed by atoms with van der Waals surface area (Å²) in [5, 5.41) is 2.01. The third kappa shape index (κ3) is 1.02. The molecule has 0 bridgehead atoms. The standard InChI is InChI=1S/C9H8N2S/c10-9-7-4-2-1-3-6(7)8(12)5-11-9/h1-5,12H,(H2,10,11). The number of nitrogens with zero attached hydrogens (tertiary/aromatic N) is 1. The van der Waals surface area contributed by atoms with Crippen LogP contribution in [0.4, 0.5) is 5.82 Å². The van der Waals surface area contributed by atoms with Crippen molar-refractivity contribution in [2.45, 2.75) is 4.90 Å². The van der Waals surface area contributed by atoms with Crippen LogP contribution < -0.4 is 5.73 Å². The van der Waals surface area contributed by atoms with Crippen LogP contribution in [0.3, 0.4) is 0 Å². The van der Waals surface area contributed by atoms with Gasteiger partial charge in [-0.25, -0.2) is 4.98 Å². The topological polar surface area (TPSA) is 38.9 Å². The number of nitrogens with two attached hydrogens (primary N) is 1. The smallest absolute Gasteiger partial charge is 0.131 e. The molecule has 1 heterocycles. The second-order valence-electron chi connectivity index (χ2n) is 2.57. The molecular weight excluding hydrogens is 168 g/mol.